The largest absolute Gasteiger partial charge is 0.378 e. The highest BCUT2D eigenvalue weighted by Gasteiger charge is 2.62. The van der Waals surface area contributed by atoms with E-state index < -0.39 is 5.54 Å². The van der Waals surface area contributed by atoms with Crippen molar-refractivity contribution < 1.29 is 9.53 Å². The molecule has 0 aromatic heterocycles. The van der Waals surface area contributed by atoms with Crippen molar-refractivity contribution in [3.8, 4) is 0 Å². The van der Waals surface area contributed by atoms with E-state index in [2.05, 4.69) is 27.9 Å². The number of carbonyl (C=O) groups is 1. The van der Waals surface area contributed by atoms with Crippen LogP contribution in [0.3, 0.4) is 0 Å². The predicted molar refractivity (Wildman–Crippen MR) is 88.5 cm³/mol. The maximum atomic E-state index is 12.5. The van der Waals surface area contributed by atoms with E-state index in [1.807, 2.05) is 45.0 Å². The molecule has 3 N–H and O–H groups in total. The molecule has 110 valence electrons. The number of hydrogen-bond donors (Lipinski definition) is 2. The molecule has 2 atom stereocenters. The van der Waals surface area contributed by atoms with E-state index in [0.29, 0.717) is 13.0 Å². The third-order valence-electron chi connectivity index (χ3n) is 4.32. The molecule has 1 saturated carbocycles. The minimum Gasteiger partial charge on any atom is -0.378 e. The summed E-state index contributed by atoms with van der Waals surface area (Å²) < 4.78 is 6.72. The molecule has 1 aromatic carbocycles. The first-order valence-corrected chi connectivity index (χ1v) is 7.86. The lowest BCUT2D eigenvalue weighted by Crippen LogP contribution is -2.74. The van der Waals surface area contributed by atoms with Gasteiger partial charge in [-0.1, -0.05) is 19.9 Å². The normalized spacial score (nSPS) is 27.8. The van der Waals surface area contributed by atoms with Gasteiger partial charge in [-0.25, -0.2) is 0 Å². The number of amides is 1. The van der Waals surface area contributed by atoms with Crippen LogP contribution in [0.5, 0.6) is 0 Å². The number of hydrogen-bond acceptors (Lipinski definition) is 3. The van der Waals surface area contributed by atoms with Crippen LogP contribution < -0.4 is 11.1 Å². The molecule has 1 amide bonds. The SMILES string of the molecule is CCOC1CC(N)(C(=O)Nc2cccc(I)c2)C1(C)C. The average molecular weight is 388 g/mol. The van der Waals surface area contributed by atoms with Crippen molar-refractivity contribution in [1.82, 2.24) is 0 Å². The Morgan fingerprint density at radius 3 is 2.80 bits per heavy atom. The van der Waals surface area contributed by atoms with Gasteiger partial charge in [0.05, 0.1) is 6.10 Å². The lowest BCUT2D eigenvalue weighted by molar-refractivity contribution is -0.166. The maximum absolute atomic E-state index is 12.5. The van der Waals surface area contributed by atoms with Crippen molar-refractivity contribution in [2.24, 2.45) is 11.1 Å². The summed E-state index contributed by atoms with van der Waals surface area (Å²) in [5.41, 5.74) is 5.87. The Balaban J connectivity index is 2.10. The Hall–Kier alpha value is -0.660. The van der Waals surface area contributed by atoms with Gasteiger partial charge in [0.25, 0.3) is 0 Å². The molecule has 2 unspecified atom stereocenters. The van der Waals surface area contributed by atoms with Crippen LogP contribution in [-0.4, -0.2) is 24.2 Å². The number of nitrogens with two attached hydrogens (primary N) is 1. The van der Waals surface area contributed by atoms with Crippen molar-refractivity contribution >= 4 is 34.2 Å². The molecule has 0 aliphatic heterocycles. The Morgan fingerprint density at radius 2 is 2.25 bits per heavy atom. The molecule has 1 aliphatic carbocycles. The maximum Gasteiger partial charge on any atom is 0.245 e. The van der Waals surface area contributed by atoms with E-state index in [-0.39, 0.29) is 17.4 Å². The standard InChI is InChI=1S/C15H21IN2O2/c1-4-20-12-9-15(17,14(12,2)3)13(19)18-11-7-5-6-10(16)8-11/h5-8,12H,4,9,17H2,1-3H3,(H,18,19). The summed E-state index contributed by atoms with van der Waals surface area (Å²) in [5, 5.41) is 2.92. The zero-order valence-electron chi connectivity index (χ0n) is 12.1. The molecular weight excluding hydrogens is 367 g/mol. The van der Waals surface area contributed by atoms with Gasteiger partial charge >= 0.3 is 0 Å². The van der Waals surface area contributed by atoms with Crippen LogP contribution in [-0.2, 0) is 9.53 Å². The van der Waals surface area contributed by atoms with Crippen LogP contribution in [0, 0.1) is 8.99 Å². The highest BCUT2D eigenvalue weighted by atomic mass is 127. The molecule has 1 aromatic rings. The summed E-state index contributed by atoms with van der Waals surface area (Å²) >= 11 is 2.21. The van der Waals surface area contributed by atoms with Crippen molar-refractivity contribution in [1.29, 1.82) is 0 Å². The van der Waals surface area contributed by atoms with Gasteiger partial charge in [-0.15, -0.1) is 0 Å². The summed E-state index contributed by atoms with van der Waals surface area (Å²) in [6.45, 7) is 6.58. The first kappa shape index (κ1) is 15.7. The number of halogens is 1. The molecule has 0 saturated heterocycles. The Bertz CT molecular complexity index is 518. The summed E-state index contributed by atoms with van der Waals surface area (Å²) in [6, 6.07) is 7.69. The van der Waals surface area contributed by atoms with E-state index in [1.54, 1.807) is 0 Å². The smallest absolute Gasteiger partial charge is 0.245 e. The Labute approximate surface area is 133 Å². The van der Waals surface area contributed by atoms with Crippen molar-refractivity contribution in [3.05, 3.63) is 27.8 Å². The lowest BCUT2D eigenvalue weighted by atomic mass is 9.54. The lowest BCUT2D eigenvalue weighted by Gasteiger charge is -2.57. The van der Waals surface area contributed by atoms with Crippen LogP contribution in [0.25, 0.3) is 0 Å². The van der Waals surface area contributed by atoms with Gasteiger partial charge in [-0.05, 0) is 47.7 Å². The number of rotatable bonds is 4. The molecular formula is C15H21IN2O2. The van der Waals surface area contributed by atoms with Crippen LogP contribution in [0.2, 0.25) is 0 Å². The van der Waals surface area contributed by atoms with Crippen molar-refractivity contribution in [2.75, 3.05) is 11.9 Å². The fraction of sp³-hybridized carbons (Fsp3) is 0.533. The van der Waals surface area contributed by atoms with E-state index in [1.165, 1.54) is 0 Å². The van der Waals surface area contributed by atoms with Gasteiger partial charge in [0.1, 0.15) is 5.54 Å². The molecule has 5 heteroatoms. The van der Waals surface area contributed by atoms with E-state index in [9.17, 15) is 4.79 Å². The first-order valence-electron chi connectivity index (χ1n) is 6.79. The van der Waals surface area contributed by atoms with Crippen LogP contribution in [0.4, 0.5) is 5.69 Å². The van der Waals surface area contributed by atoms with Gasteiger partial charge in [0.15, 0.2) is 0 Å². The number of ether oxygens (including phenoxy) is 1. The summed E-state index contributed by atoms with van der Waals surface area (Å²) in [6.07, 6.45) is 0.600. The monoisotopic (exact) mass is 388 g/mol. The number of carbonyl (C=O) groups excluding carboxylic acids is 1. The van der Waals surface area contributed by atoms with Crippen LogP contribution in [0.15, 0.2) is 24.3 Å². The van der Waals surface area contributed by atoms with Crippen LogP contribution in [0.1, 0.15) is 27.2 Å². The van der Waals surface area contributed by atoms with Gasteiger partial charge < -0.3 is 15.8 Å². The minimum atomic E-state index is -0.881. The van der Waals surface area contributed by atoms with E-state index in [4.69, 9.17) is 10.5 Å². The zero-order chi connectivity index (χ0) is 15.0. The average Bonchev–Trinajstić information content (AvgIpc) is 2.38. The summed E-state index contributed by atoms with van der Waals surface area (Å²) in [5.74, 6) is -0.138. The number of nitrogens with one attached hydrogen (secondary N) is 1. The second kappa shape index (κ2) is 5.61. The Morgan fingerprint density at radius 1 is 1.55 bits per heavy atom. The molecule has 0 heterocycles. The van der Waals surface area contributed by atoms with Crippen molar-refractivity contribution in [2.45, 2.75) is 38.8 Å². The zero-order valence-corrected chi connectivity index (χ0v) is 14.2. The quantitative estimate of drug-likeness (QED) is 0.780. The molecule has 0 radical (unpaired) electrons. The fourth-order valence-electron chi connectivity index (χ4n) is 2.63. The number of benzene rings is 1. The molecule has 0 spiro atoms. The third-order valence-corrected chi connectivity index (χ3v) is 4.99. The van der Waals surface area contributed by atoms with Gasteiger partial charge in [0.2, 0.25) is 5.91 Å². The molecule has 1 aliphatic rings. The van der Waals surface area contributed by atoms with Gasteiger partial charge in [0, 0.05) is 27.7 Å². The number of anilines is 1. The first-order chi connectivity index (χ1) is 9.31. The molecule has 2 rings (SSSR count). The third kappa shape index (κ3) is 2.58. The Kier molecular flexibility index (Phi) is 4.41. The highest BCUT2D eigenvalue weighted by molar-refractivity contribution is 14.1. The fourth-order valence-corrected chi connectivity index (χ4v) is 3.17. The summed E-state index contributed by atoms with van der Waals surface area (Å²) in [4.78, 5) is 12.5. The molecule has 20 heavy (non-hydrogen) atoms. The predicted octanol–water partition coefficient (Wildman–Crippen LogP) is 2.76. The van der Waals surface area contributed by atoms with Crippen molar-refractivity contribution in [3.63, 3.8) is 0 Å². The molecule has 1 fully saturated rings. The molecule has 4 nitrogen and oxygen atoms in total. The van der Waals surface area contributed by atoms with E-state index in [0.717, 1.165) is 9.26 Å². The highest BCUT2D eigenvalue weighted by Crippen LogP contribution is 2.50. The van der Waals surface area contributed by atoms with Gasteiger partial charge in [-0.3, -0.25) is 4.79 Å². The van der Waals surface area contributed by atoms with E-state index >= 15 is 0 Å². The minimum absolute atomic E-state index is 0.0409. The van der Waals surface area contributed by atoms with Gasteiger partial charge in [-0.2, -0.15) is 0 Å². The molecule has 0 bridgehead atoms. The topological polar surface area (TPSA) is 64.3 Å². The second-order valence-corrected chi connectivity index (χ2v) is 7.05. The van der Waals surface area contributed by atoms with Crippen LogP contribution >= 0.6 is 22.6 Å². The summed E-state index contributed by atoms with van der Waals surface area (Å²) in [7, 11) is 0. The second-order valence-electron chi connectivity index (χ2n) is 5.81.